The first-order chi connectivity index (χ1) is 10.4. The molecule has 2 aromatic carbocycles. The monoisotopic (exact) mass is 304 g/mol. The van der Waals surface area contributed by atoms with Crippen LogP contribution in [-0.4, -0.2) is 17.9 Å². The maximum atomic E-state index is 13.1. The zero-order chi connectivity index (χ0) is 16.3. The van der Waals surface area contributed by atoms with Crippen molar-refractivity contribution in [3.63, 3.8) is 0 Å². The first kappa shape index (κ1) is 15.4. The van der Waals surface area contributed by atoms with Crippen molar-refractivity contribution in [3.8, 4) is 5.75 Å². The third-order valence-electron chi connectivity index (χ3n) is 3.07. The SMILES string of the molecule is COc1cc(F)ccc1NC(=O)c1ccc([N+](=O)[O-])c(C)c1. The second-order valence-electron chi connectivity index (χ2n) is 4.56. The first-order valence-corrected chi connectivity index (χ1v) is 6.32. The van der Waals surface area contributed by atoms with Gasteiger partial charge in [-0.2, -0.15) is 0 Å². The molecule has 2 aromatic rings. The highest BCUT2D eigenvalue weighted by atomic mass is 19.1. The van der Waals surface area contributed by atoms with Crippen LogP contribution in [0.2, 0.25) is 0 Å². The van der Waals surface area contributed by atoms with Crippen molar-refractivity contribution < 1.29 is 18.8 Å². The largest absolute Gasteiger partial charge is 0.494 e. The molecule has 0 heterocycles. The Kier molecular flexibility index (Phi) is 4.36. The number of benzene rings is 2. The molecule has 0 radical (unpaired) electrons. The molecule has 0 aliphatic rings. The quantitative estimate of drug-likeness (QED) is 0.694. The summed E-state index contributed by atoms with van der Waals surface area (Å²) in [6.45, 7) is 1.55. The standard InChI is InChI=1S/C15H13FN2O4/c1-9-7-10(3-6-13(9)18(20)21)15(19)17-12-5-4-11(16)8-14(12)22-2/h3-8H,1-2H3,(H,17,19). The average Bonchev–Trinajstić information content (AvgIpc) is 2.48. The van der Waals surface area contributed by atoms with Gasteiger partial charge in [0, 0.05) is 23.3 Å². The molecule has 1 amide bonds. The number of anilines is 1. The van der Waals surface area contributed by atoms with Crippen LogP contribution in [0.4, 0.5) is 15.8 Å². The molecule has 0 saturated carbocycles. The summed E-state index contributed by atoms with van der Waals surface area (Å²) in [6.07, 6.45) is 0. The molecule has 1 N–H and O–H groups in total. The van der Waals surface area contributed by atoms with Gasteiger partial charge < -0.3 is 10.1 Å². The van der Waals surface area contributed by atoms with E-state index in [9.17, 15) is 19.3 Å². The molecule has 0 fully saturated rings. The van der Waals surface area contributed by atoms with Crippen LogP contribution in [0, 0.1) is 22.9 Å². The van der Waals surface area contributed by atoms with Crippen LogP contribution in [0.15, 0.2) is 36.4 Å². The van der Waals surface area contributed by atoms with Gasteiger partial charge in [0.1, 0.15) is 11.6 Å². The van der Waals surface area contributed by atoms with Crippen molar-refractivity contribution in [1.82, 2.24) is 0 Å². The van der Waals surface area contributed by atoms with E-state index >= 15 is 0 Å². The van der Waals surface area contributed by atoms with E-state index in [4.69, 9.17) is 4.74 Å². The molecule has 0 spiro atoms. The Morgan fingerprint density at radius 2 is 2.00 bits per heavy atom. The Labute approximate surface area is 125 Å². The molecule has 0 atom stereocenters. The van der Waals surface area contributed by atoms with Crippen molar-refractivity contribution in [2.75, 3.05) is 12.4 Å². The summed E-state index contributed by atoms with van der Waals surface area (Å²) in [5.41, 5.74) is 0.888. The molecular weight excluding hydrogens is 291 g/mol. The highest BCUT2D eigenvalue weighted by Crippen LogP contribution is 2.26. The molecule has 0 aliphatic carbocycles. The predicted molar refractivity (Wildman–Crippen MR) is 78.7 cm³/mol. The number of amides is 1. The van der Waals surface area contributed by atoms with E-state index in [0.29, 0.717) is 11.3 Å². The van der Waals surface area contributed by atoms with Gasteiger partial charge in [-0.3, -0.25) is 14.9 Å². The van der Waals surface area contributed by atoms with E-state index in [1.165, 1.54) is 37.4 Å². The minimum absolute atomic E-state index is 0.0593. The molecular formula is C15H13FN2O4. The topological polar surface area (TPSA) is 81.5 Å². The van der Waals surface area contributed by atoms with E-state index in [1.54, 1.807) is 6.92 Å². The maximum Gasteiger partial charge on any atom is 0.272 e. The lowest BCUT2D eigenvalue weighted by Gasteiger charge is -2.10. The van der Waals surface area contributed by atoms with E-state index in [1.807, 2.05) is 0 Å². The number of nitrogens with zero attached hydrogens (tertiary/aromatic N) is 1. The van der Waals surface area contributed by atoms with E-state index < -0.39 is 16.6 Å². The number of carbonyl (C=O) groups is 1. The molecule has 6 nitrogen and oxygen atoms in total. The number of nitrogens with one attached hydrogen (secondary N) is 1. The second kappa shape index (κ2) is 6.21. The number of ether oxygens (including phenoxy) is 1. The van der Waals surface area contributed by atoms with Crippen LogP contribution in [-0.2, 0) is 0 Å². The van der Waals surface area contributed by atoms with Crippen LogP contribution in [0.5, 0.6) is 5.75 Å². The van der Waals surface area contributed by atoms with E-state index in [-0.39, 0.29) is 17.0 Å². The van der Waals surface area contributed by atoms with Crippen LogP contribution in [0.25, 0.3) is 0 Å². The zero-order valence-electron chi connectivity index (χ0n) is 11.9. The summed E-state index contributed by atoms with van der Waals surface area (Å²) in [4.78, 5) is 22.4. The number of carbonyl (C=O) groups excluding carboxylic acids is 1. The summed E-state index contributed by atoms with van der Waals surface area (Å²) >= 11 is 0. The number of nitro groups is 1. The Bertz CT molecular complexity index is 746. The highest BCUT2D eigenvalue weighted by Gasteiger charge is 2.15. The van der Waals surface area contributed by atoms with E-state index in [0.717, 1.165) is 6.07 Å². The molecule has 0 aliphatic heterocycles. The summed E-state index contributed by atoms with van der Waals surface area (Å²) in [5, 5.41) is 13.3. The van der Waals surface area contributed by atoms with Gasteiger partial charge in [0.25, 0.3) is 11.6 Å². The van der Waals surface area contributed by atoms with Gasteiger partial charge in [-0.25, -0.2) is 4.39 Å². The van der Waals surface area contributed by atoms with Gasteiger partial charge in [0.05, 0.1) is 17.7 Å². The molecule has 114 valence electrons. The Balaban J connectivity index is 2.26. The fraction of sp³-hybridized carbons (Fsp3) is 0.133. The third kappa shape index (κ3) is 3.20. The summed E-state index contributed by atoms with van der Waals surface area (Å²) in [5.74, 6) is -0.768. The van der Waals surface area contributed by atoms with Crippen LogP contribution in [0.1, 0.15) is 15.9 Å². The molecule has 22 heavy (non-hydrogen) atoms. The third-order valence-corrected chi connectivity index (χ3v) is 3.07. The van der Waals surface area contributed by atoms with Crippen molar-refractivity contribution in [2.24, 2.45) is 0 Å². The number of halogens is 1. The minimum Gasteiger partial charge on any atom is -0.494 e. The lowest BCUT2D eigenvalue weighted by atomic mass is 10.1. The number of hydrogen-bond acceptors (Lipinski definition) is 4. The van der Waals surface area contributed by atoms with Gasteiger partial charge in [-0.15, -0.1) is 0 Å². The zero-order valence-corrected chi connectivity index (χ0v) is 11.9. The first-order valence-electron chi connectivity index (χ1n) is 6.32. The summed E-state index contributed by atoms with van der Waals surface area (Å²) < 4.78 is 18.1. The Morgan fingerprint density at radius 3 is 2.59 bits per heavy atom. The lowest BCUT2D eigenvalue weighted by Crippen LogP contribution is -2.13. The number of nitro benzene ring substituents is 1. The second-order valence-corrected chi connectivity index (χ2v) is 4.56. The van der Waals surface area contributed by atoms with E-state index in [2.05, 4.69) is 5.32 Å². The minimum atomic E-state index is -0.514. The molecule has 2 rings (SSSR count). The summed E-state index contributed by atoms with van der Waals surface area (Å²) in [6, 6.07) is 7.77. The van der Waals surface area contributed by atoms with Gasteiger partial charge in [-0.05, 0) is 31.2 Å². The fourth-order valence-corrected chi connectivity index (χ4v) is 1.96. The molecule has 7 heteroatoms. The number of methoxy groups -OCH3 is 1. The molecule has 0 bridgehead atoms. The Hall–Kier alpha value is -2.96. The molecule has 0 aromatic heterocycles. The number of hydrogen-bond donors (Lipinski definition) is 1. The van der Waals surface area contributed by atoms with Gasteiger partial charge in [0.15, 0.2) is 0 Å². The smallest absolute Gasteiger partial charge is 0.272 e. The molecule has 0 saturated heterocycles. The average molecular weight is 304 g/mol. The summed E-state index contributed by atoms with van der Waals surface area (Å²) in [7, 11) is 1.36. The number of rotatable bonds is 4. The van der Waals surface area contributed by atoms with Crippen molar-refractivity contribution >= 4 is 17.3 Å². The lowest BCUT2D eigenvalue weighted by molar-refractivity contribution is -0.385. The predicted octanol–water partition coefficient (Wildman–Crippen LogP) is 3.30. The molecule has 0 unspecified atom stereocenters. The van der Waals surface area contributed by atoms with Crippen LogP contribution < -0.4 is 10.1 Å². The van der Waals surface area contributed by atoms with Crippen molar-refractivity contribution in [1.29, 1.82) is 0 Å². The van der Waals surface area contributed by atoms with Gasteiger partial charge in [-0.1, -0.05) is 0 Å². The van der Waals surface area contributed by atoms with Gasteiger partial charge in [0.2, 0.25) is 0 Å². The Morgan fingerprint density at radius 1 is 1.27 bits per heavy atom. The normalized spacial score (nSPS) is 10.1. The van der Waals surface area contributed by atoms with Crippen molar-refractivity contribution in [2.45, 2.75) is 6.92 Å². The number of aryl methyl sites for hydroxylation is 1. The maximum absolute atomic E-state index is 13.1. The van der Waals surface area contributed by atoms with Crippen LogP contribution >= 0.6 is 0 Å². The van der Waals surface area contributed by atoms with Crippen molar-refractivity contribution in [3.05, 3.63) is 63.5 Å². The van der Waals surface area contributed by atoms with Gasteiger partial charge >= 0.3 is 0 Å². The highest BCUT2D eigenvalue weighted by molar-refractivity contribution is 6.05. The van der Waals surface area contributed by atoms with Crippen LogP contribution in [0.3, 0.4) is 0 Å². The fourth-order valence-electron chi connectivity index (χ4n) is 1.96.